The topological polar surface area (TPSA) is 69.6 Å². The number of likely N-dealkylation sites (tertiary alicyclic amines) is 1. The lowest BCUT2D eigenvalue weighted by Crippen LogP contribution is -2.45. The number of hydrogen-bond acceptors (Lipinski definition) is 3. The van der Waals surface area contributed by atoms with Crippen molar-refractivity contribution in [3.05, 3.63) is 35.6 Å². The number of carbonyl (C=O) groups excluding carboxylic acids is 2. The molecule has 0 bridgehead atoms. The smallest absolute Gasteiger partial charge is 0.225 e. The van der Waals surface area contributed by atoms with Gasteiger partial charge in [0.15, 0.2) is 0 Å². The molecule has 2 aliphatic rings. The van der Waals surface area contributed by atoms with Crippen LogP contribution in [0.4, 0.5) is 4.39 Å². The Labute approximate surface area is 153 Å². The summed E-state index contributed by atoms with van der Waals surface area (Å²) in [6.07, 6.45) is 4.76. The van der Waals surface area contributed by atoms with Crippen LogP contribution in [0.1, 0.15) is 50.2 Å². The first kappa shape index (κ1) is 18.8. The van der Waals surface area contributed by atoms with Gasteiger partial charge in [0, 0.05) is 31.5 Å². The lowest BCUT2D eigenvalue weighted by molar-refractivity contribution is -0.139. The minimum atomic E-state index is -0.858. The molecule has 1 aromatic carbocycles. The quantitative estimate of drug-likeness (QED) is 0.845. The van der Waals surface area contributed by atoms with Gasteiger partial charge in [-0.15, -0.1) is 0 Å². The second-order valence-electron chi connectivity index (χ2n) is 7.39. The van der Waals surface area contributed by atoms with Gasteiger partial charge in [0.1, 0.15) is 5.82 Å². The molecule has 0 unspecified atom stereocenters. The molecule has 1 aromatic rings. The van der Waals surface area contributed by atoms with Crippen LogP contribution in [-0.4, -0.2) is 41.5 Å². The third kappa shape index (κ3) is 4.61. The molecule has 0 radical (unpaired) electrons. The minimum absolute atomic E-state index is 0.0841. The van der Waals surface area contributed by atoms with Crippen molar-refractivity contribution >= 4 is 11.8 Å². The number of carbonyl (C=O) groups is 2. The largest absolute Gasteiger partial charge is 0.387 e. The number of piperidine rings is 1. The summed E-state index contributed by atoms with van der Waals surface area (Å²) in [7, 11) is 0. The standard InChI is InChI=1S/C20H27FN2O3/c21-17-7-5-14(6-8-17)18(24)13-22-19(25)15-9-11-23(12-10-15)20(26)16-3-1-2-4-16/h5-8,15-16,18,24H,1-4,9-13H2,(H,22,25)/t18-/m1/s1. The fraction of sp³-hybridized carbons (Fsp3) is 0.600. The molecule has 2 amide bonds. The van der Waals surface area contributed by atoms with E-state index in [1.807, 2.05) is 4.90 Å². The molecule has 5 nitrogen and oxygen atoms in total. The highest BCUT2D eigenvalue weighted by Crippen LogP contribution is 2.28. The van der Waals surface area contributed by atoms with Gasteiger partial charge in [-0.05, 0) is 43.4 Å². The Morgan fingerprint density at radius 1 is 1.08 bits per heavy atom. The van der Waals surface area contributed by atoms with Gasteiger partial charge in [0.2, 0.25) is 11.8 Å². The number of hydrogen-bond donors (Lipinski definition) is 2. The Morgan fingerprint density at radius 3 is 2.31 bits per heavy atom. The van der Waals surface area contributed by atoms with E-state index in [0.717, 1.165) is 25.7 Å². The molecule has 1 aliphatic carbocycles. The Hall–Kier alpha value is -1.95. The second-order valence-corrected chi connectivity index (χ2v) is 7.39. The van der Waals surface area contributed by atoms with Crippen molar-refractivity contribution in [2.75, 3.05) is 19.6 Å². The van der Waals surface area contributed by atoms with E-state index >= 15 is 0 Å². The van der Waals surface area contributed by atoms with Crippen LogP contribution in [0.15, 0.2) is 24.3 Å². The molecule has 6 heteroatoms. The number of nitrogens with one attached hydrogen (secondary N) is 1. The summed E-state index contributed by atoms with van der Waals surface area (Å²) in [5, 5.41) is 12.9. The summed E-state index contributed by atoms with van der Waals surface area (Å²) >= 11 is 0. The van der Waals surface area contributed by atoms with Gasteiger partial charge in [-0.25, -0.2) is 4.39 Å². The summed E-state index contributed by atoms with van der Waals surface area (Å²) in [6.45, 7) is 1.37. The van der Waals surface area contributed by atoms with E-state index in [1.54, 1.807) is 0 Å². The highest BCUT2D eigenvalue weighted by atomic mass is 19.1. The Morgan fingerprint density at radius 2 is 1.69 bits per heavy atom. The van der Waals surface area contributed by atoms with Gasteiger partial charge in [-0.2, -0.15) is 0 Å². The molecular formula is C20H27FN2O3. The first-order chi connectivity index (χ1) is 12.5. The van der Waals surface area contributed by atoms with Crippen molar-refractivity contribution in [1.29, 1.82) is 0 Å². The number of amides is 2. The van der Waals surface area contributed by atoms with E-state index in [-0.39, 0.29) is 36.0 Å². The highest BCUT2D eigenvalue weighted by Gasteiger charge is 2.32. The lowest BCUT2D eigenvalue weighted by Gasteiger charge is -2.33. The molecule has 1 saturated heterocycles. The van der Waals surface area contributed by atoms with Crippen LogP contribution in [0.5, 0.6) is 0 Å². The molecule has 0 spiro atoms. The zero-order valence-corrected chi connectivity index (χ0v) is 15.0. The van der Waals surface area contributed by atoms with Crippen LogP contribution in [0.3, 0.4) is 0 Å². The van der Waals surface area contributed by atoms with Gasteiger partial charge in [0.25, 0.3) is 0 Å². The molecule has 142 valence electrons. The Balaban J connectivity index is 1.42. The van der Waals surface area contributed by atoms with Crippen LogP contribution in [-0.2, 0) is 9.59 Å². The van der Waals surface area contributed by atoms with Crippen molar-refractivity contribution in [3.8, 4) is 0 Å². The molecule has 1 saturated carbocycles. The highest BCUT2D eigenvalue weighted by molar-refractivity contribution is 5.81. The summed E-state index contributed by atoms with van der Waals surface area (Å²) in [6, 6.07) is 5.60. The van der Waals surface area contributed by atoms with Crippen LogP contribution >= 0.6 is 0 Å². The van der Waals surface area contributed by atoms with E-state index in [1.165, 1.54) is 24.3 Å². The van der Waals surface area contributed by atoms with Crippen LogP contribution in [0.2, 0.25) is 0 Å². The zero-order chi connectivity index (χ0) is 18.5. The van der Waals surface area contributed by atoms with E-state index in [9.17, 15) is 19.1 Å². The number of rotatable bonds is 5. The van der Waals surface area contributed by atoms with Gasteiger partial charge in [-0.1, -0.05) is 25.0 Å². The molecule has 1 heterocycles. The fourth-order valence-corrected chi connectivity index (χ4v) is 3.94. The van der Waals surface area contributed by atoms with Crippen molar-refractivity contribution in [2.24, 2.45) is 11.8 Å². The summed E-state index contributed by atoms with van der Waals surface area (Å²) < 4.78 is 12.9. The molecule has 1 aliphatic heterocycles. The Bertz CT molecular complexity index is 620. The van der Waals surface area contributed by atoms with Gasteiger partial charge < -0.3 is 15.3 Å². The van der Waals surface area contributed by atoms with E-state index in [4.69, 9.17) is 0 Å². The molecule has 2 fully saturated rings. The minimum Gasteiger partial charge on any atom is -0.387 e. The first-order valence-corrected chi connectivity index (χ1v) is 9.54. The maximum absolute atomic E-state index is 12.9. The SMILES string of the molecule is O=C(NC[C@@H](O)c1ccc(F)cc1)C1CCN(C(=O)C2CCCC2)CC1. The van der Waals surface area contributed by atoms with Gasteiger partial charge >= 0.3 is 0 Å². The van der Waals surface area contributed by atoms with Gasteiger partial charge in [-0.3, -0.25) is 9.59 Å². The number of aliphatic hydroxyl groups is 1. The second kappa shape index (κ2) is 8.62. The van der Waals surface area contributed by atoms with Crippen LogP contribution in [0, 0.1) is 17.7 Å². The van der Waals surface area contributed by atoms with E-state index in [0.29, 0.717) is 31.5 Å². The monoisotopic (exact) mass is 362 g/mol. The molecule has 1 atom stereocenters. The predicted octanol–water partition coefficient (Wildman–Crippen LogP) is 2.40. The molecule has 0 aromatic heterocycles. The zero-order valence-electron chi connectivity index (χ0n) is 15.0. The van der Waals surface area contributed by atoms with Crippen molar-refractivity contribution < 1.29 is 19.1 Å². The van der Waals surface area contributed by atoms with Crippen LogP contribution < -0.4 is 5.32 Å². The summed E-state index contributed by atoms with van der Waals surface area (Å²) in [5.41, 5.74) is 0.573. The van der Waals surface area contributed by atoms with E-state index < -0.39 is 6.10 Å². The number of aliphatic hydroxyl groups excluding tert-OH is 1. The van der Waals surface area contributed by atoms with Crippen molar-refractivity contribution in [1.82, 2.24) is 10.2 Å². The van der Waals surface area contributed by atoms with Crippen LogP contribution in [0.25, 0.3) is 0 Å². The van der Waals surface area contributed by atoms with Crippen molar-refractivity contribution in [2.45, 2.75) is 44.6 Å². The third-order valence-electron chi connectivity index (χ3n) is 5.61. The molecule has 26 heavy (non-hydrogen) atoms. The normalized spacial score (nSPS) is 20.2. The first-order valence-electron chi connectivity index (χ1n) is 9.54. The summed E-state index contributed by atoms with van der Waals surface area (Å²) in [4.78, 5) is 26.7. The maximum atomic E-state index is 12.9. The third-order valence-corrected chi connectivity index (χ3v) is 5.61. The predicted molar refractivity (Wildman–Crippen MR) is 95.6 cm³/mol. The number of nitrogens with zero attached hydrogens (tertiary/aromatic N) is 1. The van der Waals surface area contributed by atoms with Crippen molar-refractivity contribution in [3.63, 3.8) is 0 Å². The fourth-order valence-electron chi connectivity index (χ4n) is 3.94. The average Bonchev–Trinajstić information content (AvgIpc) is 3.20. The lowest BCUT2D eigenvalue weighted by atomic mass is 9.94. The molecule has 2 N–H and O–H groups in total. The summed E-state index contributed by atoms with van der Waals surface area (Å²) in [5.74, 6) is -0.120. The number of halogens is 1. The molecule has 3 rings (SSSR count). The Kier molecular flexibility index (Phi) is 6.25. The average molecular weight is 362 g/mol. The van der Waals surface area contributed by atoms with Gasteiger partial charge in [0.05, 0.1) is 6.10 Å². The maximum Gasteiger partial charge on any atom is 0.225 e. The number of benzene rings is 1. The molecular weight excluding hydrogens is 335 g/mol. The van der Waals surface area contributed by atoms with E-state index in [2.05, 4.69) is 5.32 Å².